The molecule has 94 valence electrons. The molecule has 1 heterocycles. The lowest BCUT2D eigenvalue weighted by molar-refractivity contribution is 0.854. The minimum absolute atomic E-state index is 0.448. The third-order valence-electron chi connectivity index (χ3n) is 3.27. The number of benzene rings is 1. The van der Waals surface area contributed by atoms with Crippen molar-refractivity contribution in [1.29, 1.82) is 0 Å². The van der Waals surface area contributed by atoms with Crippen molar-refractivity contribution in [3.05, 3.63) is 54.4 Å². The minimum atomic E-state index is 0.448. The van der Waals surface area contributed by atoms with Gasteiger partial charge in [0, 0.05) is 11.8 Å². The van der Waals surface area contributed by atoms with Gasteiger partial charge in [0.25, 0.3) is 0 Å². The summed E-state index contributed by atoms with van der Waals surface area (Å²) in [5, 5.41) is 4.45. The average Bonchev–Trinajstić information content (AvgIpc) is 2.87. The van der Waals surface area contributed by atoms with Gasteiger partial charge in [-0.2, -0.15) is 5.10 Å². The largest absolute Gasteiger partial charge is 0.240 e. The summed E-state index contributed by atoms with van der Waals surface area (Å²) in [4.78, 5) is 0. The van der Waals surface area contributed by atoms with Gasteiger partial charge in [-0.3, -0.25) is 0 Å². The number of nitrogens with zero attached hydrogens (tertiary/aromatic N) is 2. The van der Waals surface area contributed by atoms with Crippen molar-refractivity contribution < 1.29 is 0 Å². The highest BCUT2D eigenvalue weighted by Crippen LogP contribution is 2.22. The lowest BCUT2D eigenvalue weighted by Gasteiger charge is -2.08. The van der Waals surface area contributed by atoms with Gasteiger partial charge in [-0.25, -0.2) is 4.68 Å². The highest BCUT2D eigenvalue weighted by molar-refractivity contribution is 5.63. The van der Waals surface area contributed by atoms with Gasteiger partial charge in [-0.15, -0.1) is 0 Å². The number of allylic oxidation sites excluding steroid dienone is 1. The van der Waals surface area contributed by atoms with Crippen LogP contribution in [0.3, 0.4) is 0 Å². The summed E-state index contributed by atoms with van der Waals surface area (Å²) < 4.78 is 1.95. The molecule has 0 saturated carbocycles. The maximum absolute atomic E-state index is 4.45. The first-order chi connectivity index (χ1) is 8.63. The second-order valence-electron chi connectivity index (χ2n) is 4.84. The quantitative estimate of drug-likeness (QED) is 0.786. The van der Waals surface area contributed by atoms with Crippen LogP contribution in [-0.4, -0.2) is 9.78 Å². The Labute approximate surface area is 109 Å². The Hall–Kier alpha value is -1.83. The van der Waals surface area contributed by atoms with Crippen molar-refractivity contribution in [3.63, 3.8) is 0 Å². The Kier molecular flexibility index (Phi) is 3.66. The maximum Gasteiger partial charge on any atom is 0.0677 e. The van der Waals surface area contributed by atoms with Crippen LogP contribution in [-0.2, 0) is 6.42 Å². The summed E-state index contributed by atoms with van der Waals surface area (Å²) in [5.74, 6) is 0.448. The minimum Gasteiger partial charge on any atom is -0.240 e. The number of hydrogen-bond acceptors (Lipinski definition) is 1. The molecule has 0 spiro atoms. The third-order valence-corrected chi connectivity index (χ3v) is 3.27. The van der Waals surface area contributed by atoms with Crippen LogP contribution in [0.5, 0.6) is 0 Å². The van der Waals surface area contributed by atoms with E-state index in [0.29, 0.717) is 5.92 Å². The fourth-order valence-corrected chi connectivity index (χ4v) is 1.99. The molecule has 0 unspecified atom stereocenters. The highest BCUT2D eigenvalue weighted by atomic mass is 15.3. The van der Waals surface area contributed by atoms with Crippen molar-refractivity contribution in [2.24, 2.45) is 5.92 Å². The van der Waals surface area contributed by atoms with Gasteiger partial charge in [0.05, 0.1) is 11.9 Å². The van der Waals surface area contributed by atoms with Crippen LogP contribution in [0.1, 0.15) is 31.9 Å². The molecule has 0 atom stereocenters. The molecule has 0 aliphatic rings. The molecule has 0 bridgehead atoms. The topological polar surface area (TPSA) is 17.8 Å². The van der Waals surface area contributed by atoms with Crippen molar-refractivity contribution >= 4 is 5.57 Å². The summed E-state index contributed by atoms with van der Waals surface area (Å²) in [5.41, 5.74) is 4.72. The zero-order valence-corrected chi connectivity index (χ0v) is 11.4. The van der Waals surface area contributed by atoms with Gasteiger partial charge in [0.2, 0.25) is 0 Å². The first kappa shape index (κ1) is 12.6. The molecule has 18 heavy (non-hydrogen) atoms. The van der Waals surface area contributed by atoms with E-state index in [-0.39, 0.29) is 0 Å². The van der Waals surface area contributed by atoms with Crippen molar-refractivity contribution in [2.45, 2.75) is 27.2 Å². The lowest BCUT2D eigenvalue weighted by Crippen LogP contribution is -1.99. The van der Waals surface area contributed by atoms with Gasteiger partial charge in [0.1, 0.15) is 0 Å². The Morgan fingerprint density at radius 3 is 2.72 bits per heavy atom. The number of rotatable bonds is 4. The predicted octanol–water partition coefficient (Wildman–Crippen LogP) is 4.10. The molecule has 2 rings (SSSR count). The van der Waals surface area contributed by atoms with Crippen LogP contribution in [0.2, 0.25) is 0 Å². The smallest absolute Gasteiger partial charge is 0.0677 e. The molecule has 0 saturated heterocycles. The van der Waals surface area contributed by atoms with Gasteiger partial charge in [0.15, 0.2) is 0 Å². The highest BCUT2D eigenvalue weighted by Gasteiger charge is 2.08. The van der Waals surface area contributed by atoms with Gasteiger partial charge >= 0.3 is 0 Å². The fourth-order valence-electron chi connectivity index (χ4n) is 1.99. The van der Waals surface area contributed by atoms with E-state index >= 15 is 0 Å². The SMILES string of the molecule is C=C(c1cnn(-c2ccccc2CC)c1)C(C)C. The molecular weight excluding hydrogens is 220 g/mol. The molecule has 0 aliphatic heterocycles. The fraction of sp³-hybridized carbons (Fsp3) is 0.312. The van der Waals surface area contributed by atoms with Crippen LogP contribution in [0, 0.1) is 5.92 Å². The summed E-state index contributed by atoms with van der Waals surface area (Å²) in [6.07, 6.45) is 4.97. The lowest BCUT2D eigenvalue weighted by atomic mass is 10.0. The van der Waals surface area contributed by atoms with E-state index in [1.165, 1.54) is 5.56 Å². The molecule has 0 N–H and O–H groups in total. The first-order valence-corrected chi connectivity index (χ1v) is 6.45. The van der Waals surface area contributed by atoms with E-state index in [4.69, 9.17) is 0 Å². The predicted molar refractivity (Wildman–Crippen MR) is 76.8 cm³/mol. The summed E-state index contributed by atoms with van der Waals surface area (Å²) in [6, 6.07) is 8.37. The number of aromatic nitrogens is 2. The van der Waals surface area contributed by atoms with Crippen molar-refractivity contribution in [3.8, 4) is 5.69 Å². The monoisotopic (exact) mass is 240 g/mol. The molecular formula is C16H20N2. The van der Waals surface area contributed by atoms with Gasteiger partial charge in [-0.1, -0.05) is 45.5 Å². The Morgan fingerprint density at radius 1 is 1.33 bits per heavy atom. The third kappa shape index (κ3) is 2.37. The van der Waals surface area contributed by atoms with E-state index in [9.17, 15) is 0 Å². The molecule has 2 heteroatoms. The molecule has 0 fully saturated rings. The van der Waals surface area contributed by atoms with Gasteiger partial charge in [-0.05, 0) is 29.5 Å². The van der Waals surface area contributed by atoms with Crippen LogP contribution in [0.4, 0.5) is 0 Å². The Morgan fingerprint density at radius 2 is 2.06 bits per heavy atom. The zero-order valence-electron chi connectivity index (χ0n) is 11.4. The van der Waals surface area contributed by atoms with Crippen molar-refractivity contribution in [1.82, 2.24) is 9.78 Å². The molecule has 1 aromatic carbocycles. The number of hydrogen-bond donors (Lipinski definition) is 0. The first-order valence-electron chi connectivity index (χ1n) is 6.45. The van der Waals surface area contributed by atoms with Crippen LogP contribution in [0.25, 0.3) is 11.3 Å². The molecule has 1 aromatic heterocycles. The Bertz CT molecular complexity index is 550. The van der Waals surface area contributed by atoms with Crippen LogP contribution in [0.15, 0.2) is 43.2 Å². The van der Waals surface area contributed by atoms with E-state index in [0.717, 1.165) is 23.2 Å². The standard InChI is InChI=1S/C16H20N2/c1-5-14-8-6-7-9-16(14)18-11-15(10-17-18)13(4)12(2)3/h6-12H,4-5H2,1-3H3. The summed E-state index contributed by atoms with van der Waals surface area (Å²) in [7, 11) is 0. The van der Waals surface area contributed by atoms with Crippen LogP contribution >= 0.6 is 0 Å². The van der Waals surface area contributed by atoms with E-state index in [1.807, 2.05) is 16.9 Å². The second-order valence-corrected chi connectivity index (χ2v) is 4.84. The second kappa shape index (κ2) is 5.21. The number of aryl methyl sites for hydroxylation is 1. The molecule has 0 radical (unpaired) electrons. The molecule has 0 amide bonds. The molecule has 2 nitrogen and oxygen atoms in total. The average molecular weight is 240 g/mol. The molecule has 2 aromatic rings. The summed E-state index contributed by atoms with van der Waals surface area (Å²) in [6.45, 7) is 10.6. The Balaban J connectivity index is 2.38. The normalized spacial score (nSPS) is 10.9. The number of para-hydroxylation sites is 1. The van der Waals surface area contributed by atoms with E-state index in [2.05, 4.69) is 56.8 Å². The van der Waals surface area contributed by atoms with E-state index in [1.54, 1.807) is 0 Å². The molecule has 0 aliphatic carbocycles. The van der Waals surface area contributed by atoms with Gasteiger partial charge < -0.3 is 0 Å². The maximum atomic E-state index is 4.45. The zero-order chi connectivity index (χ0) is 13.1. The van der Waals surface area contributed by atoms with Crippen LogP contribution < -0.4 is 0 Å². The van der Waals surface area contributed by atoms with E-state index < -0.39 is 0 Å². The summed E-state index contributed by atoms with van der Waals surface area (Å²) >= 11 is 0. The van der Waals surface area contributed by atoms with Crippen molar-refractivity contribution in [2.75, 3.05) is 0 Å².